The van der Waals surface area contributed by atoms with Crippen molar-refractivity contribution in [1.82, 2.24) is 20.1 Å². The summed E-state index contributed by atoms with van der Waals surface area (Å²) in [4.78, 5) is 17.7. The molecule has 8 heteroatoms. The van der Waals surface area contributed by atoms with Crippen molar-refractivity contribution in [2.45, 2.75) is 6.54 Å². The average molecular weight is 274 g/mol. The van der Waals surface area contributed by atoms with Gasteiger partial charge in [0.15, 0.2) is 5.84 Å². The number of benzene rings is 1. The first-order chi connectivity index (χ1) is 9.61. The van der Waals surface area contributed by atoms with E-state index in [9.17, 15) is 4.79 Å². The summed E-state index contributed by atoms with van der Waals surface area (Å²) in [6.45, 7) is 0.312. The molecule has 1 amide bonds. The van der Waals surface area contributed by atoms with Gasteiger partial charge in [-0.05, 0) is 12.1 Å². The van der Waals surface area contributed by atoms with Crippen LogP contribution in [0.1, 0.15) is 21.7 Å². The normalized spacial score (nSPS) is 11.3. The fraction of sp³-hybridized carbons (Fsp3) is 0.167. The highest BCUT2D eigenvalue weighted by atomic mass is 16.4. The molecule has 2 rings (SSSR count). The summed E-state index contributed by atoms with van der Waals surface area (Å²) < 4.78 is 0. The maximum absolute atomic E-state index is 12.3. The second-order valence-corrected chi connectivity index (χ2v) is 4.16. The van der Waals surface area contributed by atoms with Crippen LogP contribution < -0.4 is 5.73 Å². The molecule has 0 aliphatic rings. The van der Waals surface area contributed by atoms with Crippen LogP contribution in [0.25, 0.3) is 0 Å². The van der Waals surface area contributed by atoms with Crippen molar-refractivity contribution >= 4 is 11.7 Å². The van der Waals surface area contributed by atoms with Crippen LogP contribution in [0, 0.1) is 0 Å². The predicted octanol–water partition coefficient (Wildman–Crippen LogP) is 0.171. The van der Waals surface area contributed by atoms with E-state index in [0.29, 0.717) is 23.5 Å². The van der Waals surface area contributed by atoms with E-state index in [1.807, 2.05) is 0 Å². The number of aromatic amines is 1. The Labute approximate surface area is 114 Å². The van der Waals surface area contributed by atoms with Gasteiger partial charge >= 0.3 is 0 Å². The monoisotopic (exact) mass is 274 g/mol. The van der Waals surface area contributed by atoms with Gasteiger partial charge in [-0.15, -0.1) is 0 Å². The molecular weight excluding hydrogens is 260 g/mol. The lowest BCUT2D eigenvalue weighted by Gasteiger charge is -2.15. The molecule has 1 aromatic heterocycles. The van der Waals surface area contributed by atoms with Gasteiger partial charge in [0.05, 0.1) is 6.54 Å². The van der Waals surface area contributed by atoms with Crippen LogP contribution in [-0.4, -0.2) is 44.1 Å². The predicted molar refractivity (Wildman–Crippen MR) is 71.1 cm³/mol. The summed E-state index contributed by atoms with van der Waals surface area (Å²) in [7, 11) is 1.65. The van der Waals surface area contributed by atoms with Crippen LogP contribution in [0.4, 0.5) is 0 Å². The molecule has 0 spiro atoms. The number of nitrogens with two attached hydrogens (primary N) is 1. The van der Waals surface area contributed by atoms with E-state index in [-0.39, 0.29) is 11.7 Å². The number of amides is 1. The number of aromatic nitrogens is 3. The topological polar surface area (TPSA) is 120 Å². The number of rotatable bonds is 4. The Morgan fingerprint density at radius 1 is 1.50 bits per heavy atom. The van der Waals surface area contributed by atoms with Crippen molar-refractivity contribution < 1.29 is 10.0 Å². The van der Waals surface area contributed by atoms with E-state index < -0.39 is 0 Å². The van der Waals surface area contributed by atoms with Crippen LogP contribution in [-0.2, 0) is 6.54 Å². The Kier molecular flexibility index (Phi) is 3.94. The van der Waals surface area contributed by atoms with E-state index >= 15 is 0 Å². The fourth-order valence-electron chi connectivity index (χ4n) is 1.69. The highest BCUT2D eigenvalue weighted by Crippen LogP contribution is 2.09. The molecule has 8 nitrogen and oxygen atoms in total. The average Bonchev–Trinajstić information content (AvgIpc) is 2.98. The first-order valence-electron chi connectivity index (χ1n) is 5.79. The standard InChI is InChI=1S/C12H14N6O2/c1-18(6-10-14-7-15-16-10)12(19)9-4-2-3-8(5-9)11(13)17-20/h2-5,7,20H,6H2,1H3,(H2,13,17)(H,14,15,16). The lowest BCUT2D eigenvalue weighted by Crippen LogP contribution is -2.27. The molecule has 2 aromatic rings. The minimum absolute atomic E-state index is 0.0439. The quantitative estimate of drug-likeness (QED) is 0.317. The third-order valence-electron chi connectivity index (χ3n) is 2.71. The molecule has 0 aliphatic carbocycles. The Morgan fingerprint density at radius 3 is 2.90 bits per heavy atom. The van der Waals surface area contributed by atoms with Crippen molar-refractivity contribution in [3.63, 3.8) is 0 Å². The molecule has 0 saturated heterocycles. The molecule has 4 N–H and O–H groups in total. The zero-order chi connectivity index (χ0) is 14.5. The molecule has 0 bridgehead atoms. The molecule has 0 atom stereocenters. The van der Waals surface area contributed by atoms with E-state index in [0.717, 1.165) is 0 Å². The van der Waals surface area contributed by atoms with E-state index in [1.54, 1.807) is 31.3 Å². The van der Waals surface area contributed by atoms with Gasteiger partial charge in [-0.1, -0.05) is 17.3 Å². The highest BCUT2D eigenvalue weighted by molar-refractivity contribution is 6.01. The van der Waals surface area contributed by atoms with Crippen molar-refractivity contribution in [1.29, 1.82) is 0 Å². The van der Waals surface area contributed by atoms with Gasteiger partial charge in [-0.25, -0.2) is 4.98 Å². The Balaban J connectivity index is 2.16. The van der Waals surface area contributed by atoms with Gasteiger partial charge in [-0.3, -0.25) is 9.89 Å². The van der Waals surface area contributed by atoms with Crippen molar-refractivity contribution in [2.24, 2.45) is 10.9 Å². The minimum Gasteiger partial charge on any atom is -0.409 e. The number of hydrogen-bond donors (Lipinski definition) is 3. The van der Waals surface area contributed by atoms with Gasteiger partial charge in [0.1, 0.15) is 12.2 Å². The molecule has 20 heavy (non-hydrogen) atoms. The fourth-order valence-corrected chi connectivity index (χ4v) is 1.69. The number of oxime groups is 1. The third kappa shape index (κ3) is 2.91. The van der Waals surface area contributed by atoms with E-state index in [1.165, 1.54) is 11.2 Å². The maximum Gasteiger partial charge on any atom is 0.254 e. The van der Waals surface area contributed by atoms with Crippen molar-refractivity contribution in [2.75, 3.05) is 7.05 Å². The van der Waals surface area contributed by atoms with Crippen LogP contribution >= 0.6 is 0 Å². The van der Waals surface area contributed by atoms with Gasteiger partial charge in [0.2, 0.25) is 0 Å². The summed E-state index contributed by atoms with van der Waals surface area (Å²) in [5, 5.41) is 18.0. The minimum atomic E-state index is -0.200. The summed E-state index contributed by atoms with van der Waals surface area (Å²) >= 11 is 0. The van der Waals surface area contributed by atoms with E-state index in [2.05, 4.69) is 20.3 Å². The molecule has 1 heterocycles. The third-order valence-corrected chi connectivity index (χ3v) is 2.71. The van der Waals surface area contributed by atoms with E-state index in [4.69, 9.17) is 10.9 Å². The number of nitrogens with zero attached hydrogens (tertiary/aromatic N) is 4. The van der Waals surface area contributed by atoms with Crippen LogP contribution in [0.5, 0.6) is 0 Å². The maximum atomic E-state index is 12.3. The van der Waals surface area contributed by atoms with Crippen molar-refractivity contribution in [3.05, 3.63) is 47.5 Å². The second-order valence-electron chi connectivity index (χ2n) is 4.16. The van der Waals surface area contributed by atoms with Gasteiger partial charge < -0.3 is 15.8 Å². The largest absolute Gasteiger partial charge is 0.409 e. The van der Waals surface area contributed by atoms with Gasteiger partial charge in [0.25, 0.3) is 5.91 Å². The Morgan fingerprint density at radius 2 is 2.25 bits per heavy atom. The molecule has 104 valence electrons. The molecule has 0 aliphatic heterocycles. The first kappa shape index (κ1) is 13.5. The summed E-state index contributed by atoms with van der Waals surface area (Å²) in [5.41, 5.74) is 6.42. The number of amidine groups is 1. The van der Waals surface area contributed by atoms with Crippen LogP contribution in [0.2, 0.25) is 0 Å². The zero-order valence-electron chi connectivity index (χ0n) is 10.8. The summed E-state index contributed by atoms with van der Waals surface area (Å²) in [5.74, 6) is 0.347. The highest BCUT2D eigenvalue weighted by Gasteiger charge is 2.14. The zero-order valence-corrected chi connectivity index (χ0v) is 10.8. The Hall–Kier alpha value is -2.90. The molecule has 0 unspecified atom stereocenters. The molecular formula is C12H14N6O2. The molecule has 0 radical (unpaired) electrons. The SMILES string of the molecule is CN(Cc1ncn[nH]1)C(=O)c1cccc(C(N)=NO)c1. The Bertz CT molecular complexity index is 623. The summed E-state index contributed by atoms with van der Waals surface area (Å²) in [6, 6.07) is 6.55. The number of carbonyl (C=O) groups is 1. The first-order valence-corrected chi connectivity index (χ1v) is 5.79. The van der Waals surface area contributed by atoms with Crippen LogP contribution in [0.3, 0.4) is 0 Å². The number of carbonyl (C=O) groups excluding carboxylic acids is 1. The number of H-pyrrole nitrogens is 1. The molecule has 0 saturated carbocycles. The smallest absolute Gasteiger partial charge is 0.254 e. The molecule has 0 fully saturated rings. The lowest BCUT2D eigenvalue weighted by atomic mass is 10.1. The summed E-state index contributed by atoms with van der Waals surface area (Å²) in [6.07, 6.45) is 1.38. The molecule has 1 aromatic carbocycles. The number of hydrogen-bond acceptors (Lipinski definition) is 5. The van der Waals surface area contributed by atoms with Crippen molar-refractivity contribution in [3.8, 4) is 0 Å². The van der Waals surface area contributed by atoms with Gasteiger partial charge in [0, 0.05) is 18.2 Å². The number of nitrogens with one attached hydrogen (secondary N) is 1. The van der Waals surface area contributed by atoms with Crippen LogP contribution in [0.15, 0.2) is 35.7 Å². The van der Waals surface area contributed by atoms with Gasteiger partial charge in [-0.2, -0.15) is 5.10 Å². The lowest BCUT2D eigenvalue weighted by molar-refractivity contribution is 0.0781. The second kappa shape index (κ2) is 5.83.